The lowest BCUT2D eigenvalue weighted by molar-refractivity contribution is 0.235. The van der Waals surface area contributed by atoms with E-state index >= 15 is 4.39 Å². The van der Waals surface area contributed by atoms with Crippen LogP contribution in [0.15, 0.2) is 18.2 Å². The van der Waals surface area contributed by atoms with Crippen molar-refractivity contribution in [2.24, 2.45) is 17.8 Å². The molecule has 0 N–H and O–H groups in total. The molecule has 32 heavy (non-hydrogen) atoms. The summed E-state index contributed by atoms with van der Waals surface area (Å²) in [6.45, 7) is 2.25. The minimum atomic E-state index is -1.64. The van der Waals surface area contributed by atoms with Crippen molar-refractivity contribution in [1.29, 1.82) is 0 Å². The molecule has 0 bridgehead atoms. The average molecular weight is 451 g/mol. The molecule has 0 radical (unpaired) electrons. The van der Waals surface area contributed by atoms with Gasteiger partial charge in [-0.05, 0) is 78.3 Å². The fraction of sp³-hybridized carbons (Fsp3) is 0.556. The summed E-state index contributed by atoms with van der Waals surface area (Å²) in [5, 5.41) is 0. The summed E-state index contributed by atoms with van der Waals surface area (Å²) in [6.07, 6.45) is 12.0. The van der Waals surface area contributed by atoms with Crippen LogP contribution >= 0.6 is 0 Å². The normalized spacial score (nSPS) is 23.2. The van der Waals surface area contributed by atoms with Crippen LogP contribution in [-0.2, 0) is 12.8 Å². The molecule has 0 spiro atoms. The van der Waals surface area contributed by atoms with E-state index in [1.54, 1.807) is 0 Å². The first kappa shape index (κ1) is 23.3. The number of rotatable bonds is 6. The first-order valence-corrected chi connectivity index (χ1v) is 12.0. The third kappa shape index (κ3) is 4.87. The fourth-order valence-corrected chi connectivity index (χ4v) is 5.82. The molecule has 0 nitrogen and oxygen atoms in total. The molecule has 0 aromatic heterocycles. The molecular weight excluding hydrogens is 419 g/mol. The summed E-state index contributed by atoms with van der Waals surface area (Å²) in [5.41, 5.74) is 0.265. The molecule has 0 heterocycles. The highest BCUT2D eigenvalue weighted by atomic mass is 19.2. The summed E-state index contributed by atoms with van der Waals surface area (Å²) < 4.78 is 70.5. The maximum atomic E-state index is 15.2. The van der Waals surface area contributed by atoms with Crippen LogP contribution in [-0.4, -0.2) is 0 Å². The van der Waals surface area contributed by atoms with Crippen molar-refractivity contribution in [1.82, 2.24) is 0 Å². The predicted molar refractivity (Wildman–Crippen MR) is 117 cm³/mol. The molecule has 5 heteroatoms. The summed E-state index contributed by atoms with van der Waals surface area (Å²) in [4.78, 5) is 0. The molecule has 1 fully saturated rings. The Labute approximate surface area is 187 Å². The van der Waals surface area contributed by atoms with Crippen molar-refractivity contribution in [3.8, 4) is 11.1 Å². The third-order valence-corrected chi connectivity index (χ3v) is 7.64. The number of halogens is 5. The minimum absolute atomic E-state index is 0.319. The van der Waals surface area contributed by atoms with E-state index < -0.39 is 34.6 Å². The van der Waals surface area contributed by atoms with Crippen LogP contribution < -0.4 is 0 Å². The van der Waals surface area contributed by atoms with E-state index in [-0.39, 0.29) is 5.56 Å². The molecular formula is C27H31F5. The van der Waals surface area contributed by atoms with E-state index in [2.05, 4.69) is 6.92 Å². The van der Waals surface area contributed by atoms with Crippen molar-refractivity contribution >= 4 is 0 Å². The highest BCUT2D eigenvalue weighted by molar-refractivity contribution is 5.67. The van der Waals surface area contributed by atoms with Crippen LogP contribution in [0.4, 0.5) is 22.0 Å². The molecule has 2 aliphatic rings. The standard InChI is InChI=1S/C27H31F5/c1-2-3-16-4-6-17(7-5-16)8-9-18-10-11-21-19(12-18)13-22(28)25(26(21)31)20-14-23(29)27(32)24(30)15-20/h13-18H,2-12H2,1H3. The quantitative estimate of drug-likeness (QED) is 0.305. The van der Waals surface area contributed by atoms with Gasteiger partial charge in [0.25, 0.3) is 0 Å². The van der Waals surface area contributed by atoms with Crippen LogP contribution in [0, 0.1) is 46.8 Å². The Kier molecular flexibility index (Phi) is 7.21. The molecule has 0 saturated heterocycles. The molecule has 1 unspecified atom stereocenters. The lowest BCUT2D eigenvalue weighted by Gasteiger charge is -2.31. The van der Waals surface area contributed by atoms with Crippen LogP contribution in [0.5, 0.6) is 0 Å². The van der Waals surface area contributed by atoms with Gasteiger partial charge in [0.15, 0.2) is 17.5 Å². The maximum absolute atomic E-state index is 15.2. The second-order valence-electron chi connectivity index (χ2n) is 9.80. The van der Waals surface area contributed by atoms with Gasteiger partial charge in [0.1, 0.15) is 11.6 Å². The monoisotopic (exact) mass is 450 g/mol. The lowest BCUT2D eigenvalue weighted by Crippen LogP contribution is -2.19. The summed E-state index contributed by atoms with van der Waals surface area (Å²) in [7, 11) is 0. The van der Waals surface area contributed by atoms with Gasteiger partial charge in [0.05, 0.1) is 5.56 Å². The van der Waals surface area contributed by atoms with Crippen molar-refractivity contribution in [3.05, 3.63) is 58.4 Å². The SMILES string of the molecule is CCCC1CCC(CCC2CCc3c(cc(F)c(-c4cc(F)c(F)c(F)c4)c3F)C2)CC1. The second kappa shape index (κ2) is 9.93. The zero-order chi connectivity index (χ0) is 22.8. The van der Waals surface area contributed by atoms with Gasteiger partial charge in [-0.15, -0.1) is 0 Å². The van der Waals surface area contributed by atoms with Crippen molar-refractivity contribution in [2.45, 2.75) is 77.6 Å². The molecule has 4 rings (SSSR count). The number of fused-ring (bicyclic) bond motifs is 1. The highest BCUT2D eigenvalue weighted by Crippen LogP contribution is 2.39. The van der Waals surface area contributed by atoms with Crippen molar-refractivity contribution < 1.29 is 22.0 Å². The van der Waals surface area contributed by atoms with E-state index in [1.807, 2.05) is 0 Å². The van der Waals surface area contributed by atoms with Crippen LogP contribution in [0.1, 0.15) is 75.8 Å². The largest absolute Gasteiger partial charge is 0.206 e. The van der Waals surface area contributed by atoms with Gasteiger partial charge >= 0.3 is 0 Å². The van der Waals surface area contributed by atoms with Crippen LogP contribution in [0.3, 0.4) is 0 Å². The number of benzene rings is 2. The molecule has 1 atom stereocenters. The Morgan fingerprint density at radius 2 is 1.28 bits per heavy atom. The molecule has 2 aromatic carbocycles. The van der Waals surface area contributed by atoms with Gasteiger partial charge in [0, 0.05) is 0 Å². The molecule has 0 amide bonds. The molecule has 2 aromatic rings. The molecule has 2 aliphatic carbocycles. The lowest BCUT2D eigenvalue weighted by atomic mass is 9.75. The van der Waals surface area contributed by atoms with Gasteiger partial charge in [-0.2, -0.15) is 0 Å². The van der Waals surface area contributed by atoms with Gasteiger partial charge < -0.3 is 0 Å². The Morgan fingerprint density at radius 1 is 0.688 bits per heavy atom. The van der Waals surface area contributed by atoms with Crippen molar-refractivity contribution in [2.75, 3.05) is 0 Å². The molecule has 0 aliphatic heterocycles. The fourth-order valence-electron chi connectivity index (χ4n) is 5.82. The van der Waals surface area contributed by atoms with Gasteiger partial charge in [-0.3, -0.25) is 0 Å². The average Bonchev–Trinajstić information content (AvgIpc) is 2.77. The van der Waals surface area contributed by atoms with Crippen LogP contribution in [0.25, 0.3) is 11.1 Å². The predicted octanol–water partition coefficient (Wildman–Crippen LogP) is 8.54. The topological polar surface area (TPSA) is 0 Å². The zero-order valence-electron chi connectivity index (χ0n) is 18.6. The van der Waals surface area contributed by atoms with E-state index in [0.717, 1.165) is 24.7 Å². The van der Waals surface area contributed by atoms with E-state index in [9.17, 15) is 17.6 Å². The highest BCUT2D eigenvalue weighted by Gasteiger charge is 2.28. The van der Waals surface area contributed by atoms with Crippen molar-refractivity contribution in [3.63, 3.8) is 0 Å². The molecule has 174 valence electrons. The maximum Gasteiger partial charge on any atom is 0.194 e. The second-order valence-corrected chi connectivity index (χ2v) is 9.80. The van der Waals surface area contributed by atoms with E-state index in [1.165, 1.54) is 51.0 Å². The smallest absolute Gasteiger partial charge is 0.194 e. The van der Waals surface area contributed by atoms with Gasteiger partial charge in [0.2, 0.25) is 0 Å². The zero-order valence-corrected chi connectivity index (χ0v) is 18.6. The van der Waals surface area contributed by atoms with Gasteiger partial charge in [-0.25, -0.2) is 22.0 Å². The first-order chi connectivity index (χ1) is 15.4. The van der Waals surface area contributed by atoms with E-state index in [0.29, 0.717) is 42.0 Å². The summed E-state index contributed by atoms with van der Waals surface area (Å²) in [5.74, 6) is -4.14. The summed E-state index contributed by atoms with van der Waals surface area (Å²) >= 11 is 0. The minimum Gasteiger partial charge on any atom is -0.206 e. The van der Waals surface area contributed by atoms with Gasteiger partial charge in [-0.1, -0.05) is 51.9 Å². The third-order valence-electron chi connectivity index (χ3n) is 7.64. The Balaban J connectivity index is 1.44. The Hall–Kier alpha value is -1.91. The Bertz CT molecular complexity index is 936. The molecule has 1 saturated carbocycles. The summed E-state index contributed by atoms with van der Waals surface area (Å²) in [6, 6.07) is 2.59. The Morgan fingerprint density at radius 3 is 1.91 bits per heavy atom. The number of hydrogen-bond acceptors (Lipinski definition) is 0. The first-order valence-electron chi connectivity index (χ1n) is 12.0. The number of hydrogen-bond donors (Lipinski definition) is 0. The van der Waals surface area contributed by atoms with Crippen LogP contribution in [0.2, 0.25) is 0 Å². The van der Waals surface area contributed by atoms with E-state index in [4.69, 9.17) is 0 Å².